The number of rotatable bonds is 7. The average molecular weight is 314 g/mol. The number of carbonyl (C=O) groups is 1. The molecule has 2 atom stereocenters. The fourth-order valence-corrected chi connectivity index (χ4v) is 2.40. The van der Waals surface area contributed by atoms with E-state index in [1.165, 1.54) is 0 Å². The van der Waals surface area contributed by atoms with E-state index >= 15 is 0 Å². The molecule has 0 aromatic heterocycles. The van der Waals surface area contributed by atoms with Gasteiger partial charge in [-0.25, -0.2) is 5.09 Å². The molecule has 7 heteroatoms. The molecule has 0 saturated carbocycles. The number of esters is 1. The van der Waals surface area contributed by atoms with Crippen molar-refractivity contribution in [1.29, 1.82) is 0 Å². The highest BCUT2D eigenvalue weighted by atomic mass is 31.1. The van der Waals surface area contributed by atoms with Gasteiger partial charge in [0.2, 0.25) is 0 Å². The van der Waals surface area contributed by atoms with Crippen LogP contribution in [0.5, 0.6) is 5.75 Å². The molecule has 21 heavy (non-hydrogen) atoms. The Bertz CT molecular complexity index is 488. The molecule has 0 heterocycles. The molecule has 1 aromatic rings. The van der Waals surface area contributed by atoms with Gasteiger partial charge in [0.15, 0.2) is 0 Å². The van der Waals surface area contributed by atoms with Gasteiger partial charge < -0.3 is 14.2 Å². The van der Waals surface area contributed by atoms with Crippen LogP contribution in [0.1, 0.15) is 20.8 Å². The molecule has 1 N–H and O–H groups in total. The Morgan fingerprint density at radius 1 is 1.19 bits per heavy atom. The Labute approximate surface area is 126 Å². The second-order valence-electron chi connectivity index (χ2n) is 5.13. The molecular weight excluding hydrogens is 291 g/mol. The van der Waals surface area contributed by atoms with E-state index in [0.717, 1.165) is 5.69 Å². The highest BCUT2D eigenvalue weighted by Crippen LogP contribution is 2.26. The number of nitrogens with zero attached hydrogens (tertiary/aromatic N) is 1. The van der Waals surface area contributed by atoms with Crippen molar-refractivity contribution in [3.8, 4) is 5.75 Å². The minimum Gasteiger partial charge on any atom is -0.462 e. The average Bonchev–Trinajstić information content (AvgIpc) is 2.38. The van der Waals surface area contributed by atoms with Gasteiger partial charge in [0, 0.05) is 19.8 Å². The maximum Gasteiger partial charge on any atom is 0.323 e. The van der Waals surface area contributed by atoms with E-state index in [0.29, 0.717) is 5.75 Å². The van der Waals surface area contributed by atoms with Crippen molar-refractivity contribution in [2.75, 3.05) is 19.0 Å². The number of anilines is 1. The third-order valence-corrected chi connectivity index (χ3v) is 3.69. The van der Waals surface area contributed by atoms with Gasteiger partial charge in [-0.15, -0.1) is 0 Å². The van der Waals surface area contributed by atoms with Crippen LogP contribution in [0.2, 0.25) is 0 Å². The van der Waals surface area contributed by atoms with Gasteiger partial charge in [-0.1, -0.05) is 0 Å². The van der Waals surface area contributed by atoms with Gasteiger partial charge in [-0.3, -0.25) is 9.36 Å². The van der Waals surface area contributed by atoms with E-state index in [-0.39, 0.29) is 6.10 Å². The summed E-state index contributed by atoms with van der Waals surface area (Å²) >= 11 is 0. The Kier molecular flexibility index (Phi) is 6.72. The van der Waals surface area contributed by atoms with Crippen molar-refractivity contribution >= 4 is 19.8 Å². The monoisotopic (exact) mass is 314 g/mol. The van der Waals surface area contributed by atoms with Gasteiger partial charge in [0.05, 0.1) is 6.10 Å². The minimum absolute atomic E-state index is 0.205. The number of ether oxygens (including phenoxy) is 1. The zero-order valence-electron chi connectivity index (χ0n) is 13.0. The predicted octanol–water partition coefficient (Wildman–Crippen LogP) is 2.45. The van der Waals surface area contributed by atoms with Gasteiger partial charge in [0.25, 0.3) is 0 Å². The molecule has 0 amide bonds. The van der Waals surface area contributed by atoms with E-state index in [1.54, 1.807) is 32.9 Å². The molecule has 0 spiro atoms. The van der Waals surface area contributed by atoms with E-state index in [9.17, 15) is 9.36 Å². The molecule has 6 nitrogen and oxygen atoms in total. The molecule has 1 aromatic carbocycles. The van der Waals surface area contributed by atoms with Crippen LogP contribution in [0.3, 0.4) is 0 Å². The van der Waals surface area contributed by atoms with Crippen LogP contribution < -0.4 is 14.5 Å². The minimum atomic E-state index is -2.57. The highest BCUT2D eigenvalue weighted by molar-refractivity contribution is 7.37. The summed E-state index contributed by atoms with van der Waals surface area (Å²) in [6.45, 7) is 5.11. The molecule has 0 fully saturated rings. The summed E-state index contributed by atoms with van der Waals surface area (Å²) in [5.41, 5.74) is 1.02. The Morgan fingerprint density at radius 2 is 1.76 bits per heavy atom. The van der Waals surface area contributed by atoms with Gasteiger partial charge in [0.1, 0.15) is 11.8 Å². The Balaban J connectivity index is 2.51. The van der Waals surface area contributed by atoms with E-state index in [1.807, 2.05) is 31.1 Å². The van der Waals surface area contributed by atoms with Crippen LogP contribution >= 0.6 is 8.18 Å². The van der Waals surface area contributed by atoms with Crippen molar-refractivity contribution in [1.82, 2.24) is 5.09 Å². The van der Waals surface area contributed by atoms with Crippen LogP contribution in [-0.4, -0.2) is 32.2 Å². The predicted molar refractivity (Wildman–Crippen MR) is 84.2 cm³/mol. The highest BCUT2D eigenvalue weighted by Gasteiger charge is 2.18. The lowest BCUT2D eigenvalue weighted by atomic mass is 10.3. The second kappa shape index (κ2) is 8.05. The van der Waals surface area contributed by atoms with Crippen molar-refractivity contribution in [2.24, 2.45) is 0 Å². The first kappa shape index (κ1) is 17.5. The lowest BCUT2D eigenvalue weighted by Crippen LogP contribution is -2.33. The van der Waals surface area contributed by atoms with Crippen molar-refractivity contribution in [2.45, 2.75) is 32.9 Å². The largest absolute Gasteiger partial charge is 0.462 e. The summed E-state index contributed by atoms with van der Waals surface area (Å²) in [7, 11) is 1.30. The summed E-state index contributed by atoms with van der Waals surface area (Å²) in [5.74, 6) is 0.0383. The van der Waals surface area contributed by atoms with E-state index < -0.39 is 20.2 Å². The van der Waals surface area contributed by atoms with Crippen LogP contribution in [0.4, 0.5) is 5.69 Å². The van der Waals surface area contributed by atoms with Crippen LogP contribution in [0.25, 0.3) is 0 Å². The van der Waals surface area contributed by atoms with E-state index in [4.69, 9.17) is 9.26 Å². The topological polar surface area (TPSA) is 67.9 Å². The van der Waals surface area contributed by atoms with Crippen LogP contribution in [0.15, 0.2) is 24.3 Å². The molecule has 1 rings (SSSR count). The molecule has 0 aliphatic rings. The molecule has 0 saturated heterocycles. The summed E-state index contributed by atoms with van der Waals surface area (Å²) in [6.07, 6.45) is -0.205. The SMILES string of the molecule is CC(C)OC(=O)[C@H](C)N[PH](=O)Oc1ccc(N(C)C)cc1. The number of carbonyl (C=O) groups excluding carboxylic acids is 1. The van der Waals surface area contributed by atoms with Crippen LogP contribution in [0, 0.1) is 0 Å². The molecule has 0 bridgehead atoms. The maximum atomic E-state index is 11.9. The molecule has 0 aliphatic carbocycles. The Morgan fingerprint density at radius 3 is 2.24 bits per heavy atom. The summed E-state index contributed by atoms with van der Waals surface area (Å²) < 4.78 is 22.2. The second-order valence-corrected chi connectivity index (χ2v) is 6.20. The number of hydrogen-bond donors (Lipinski definition) is 1. The lowest BCUT2D eigenvalue weighted by molar-refractivity contribution is -0.148. The normalized spacial score (nSPS) is 13.6. The van der Waals surface area contributed by atoms with Gasteiger partial charge >= 0.3 is 14.1 Å². The van der Waals surface area contributed by atoms with Crippen molar-refractivity contribution in [3.63, 3.8) is 0 Å². The quantitative estimate of drug-likeness (QED) is 0.616. The molecule has 118 valence electrons. The Hall–Kier alpha value is -1.52. The molecule has 0 aliphatic heterocycles. The summed E-state index contributed by atoms with van der Waals surface area (Å²) in [5, 5.41) is 2.61. The smallest absolute Gasteiger partial charge is 0.323 e. The molecule has 0 radical (unpaired) electrons. The maximum absolute atomic E-state index is 11.9. The first-order valence-electron chi connectivity index (χ1n) is 6.76. The fourth-order valence-electron chi connectivity index (χ4n) is 1.52. The van der Waals surface area contributed by atoms with Crippen molar-refractivity contribution in [3.05, 3.63) is 24.3 Å². The third kappa shape index (κ3) is 6.19. The van der Waals surface area contributed by atoms with Crippen LogP contribution in [-0.2, 0) is 14.1 Å². The molecule has 1 unspecified atom stereocenters. The van der Waals surface area contributed by atoms with E-state index in [2.05, 4.69) is 5.09 Å². The lowest BCUT2D eigenvalue weighted by Gasteiger charge is -2.16. The number of nitrogens with one attached hydrogen (secondary N) is 1. The van der Waals surface area contributed by atoms with Crippen molar-refractivity contribution < 1.29 is 18.6 Å². The number of benzene rings is 1. The fraction of sp³-hybridized carbons (Fsp3) is 0.500. The first-order valence-corrected chi connectivity index (χ1v) is 8.07. The summed E-state index contributed by atoms with van der Waals surface area (Å²) in [6, 6.07) is 6.51. The zero-order valence-corrected chi connectivity index (χ0v) is 14.0. The first-order chi connectivity index (χ1) is 9.79. The van der Waals surface area contributed by atoms with Gasteiger partial charge in [-0.05, 0) is 45.0 Å². The number of hydrogen-bond acceptors (Lipinski definition) is 5. The summed E-state index contributed by atoms with van der Waals surface area (Å²) in [4.78, 5) is 13.5. The third-order valence-electron chi connectivity index (χ3n) is 2.60. The molecular formula is C14H23N2O4P. The van der Waals surface area contributed by atoms with Gasteiger partial charge in [-0.2, -0.15) is 0 Å². The zero-order chi connectivity index (χ0) is 16.0. The standard InChI is InChI=1S/C14H23N2O4P/c1-10(2)19-14(17)11(3)15-21(18)20-13-8-6-12(7-9-13)16(4)5/h6-11,21H,1-5H3,(H,15,18)/t11-/m0/s1.